The zero-order chi connectivity index (χ0) is 23.8. The third-order valence-electron chi connectivity index (χ3n) is 5.03. The Morgan fingerprint density at radius 1 is 1.00 bits per heavy atom. The summed E-state index contributed by atoms with van der Waals surface area (Å²) in [5, 5.41) is 5.54. The van der Waals surface area contributed by atoms with Crippen molar-refractivity contribution in [2.45, 2.75) is 16.0 Å². The number of nitrogens with one attached hydrogen (secondary N) is 5. The number of anilines is 1. The molecule has 0 aliphatic carbocycles. The molecule has 0 spiro atoms. The number of imidazole rings is 1. The van der Waals surface area contributed by atoms with Gasteiger partial charge in [-0.25, -0.2) is 37.8 Å². The van der Waals surface area contributed by atoms with Gasteiger partial charge in [-0.3, -0.25) is 0 Å². The minimum Gasteiger partial charge on any atom is -0.369 e. The number of benzene rings is 2. The lowest BCUT2D eigenvalue weighted by Crippen LogP contribution is -2.33. The fourth-order valence-corrected chi connectivity index (χ4v) is 6.47. The van der Waals surface area contributed by atoms with Crippen LogP contribution in [0.15, 0.2) is 52.4 Å². The Hall–Kier alpha value is -2.89. The Bertz CT molecular complexity index is 1400. The number of sulfonamides is 1. The lowest BCUT2D eigenvalue weighted by Gasteiger charge is -2.21. The lowest BCUT2D eigenvalue weighted by atomic mass is 9.96. The van der Waals surface area contributed by atoms with Gasteiger partial charge in [0.25, 0.3) is 0 Å². The van der Waals surface area contributed by atoms with Crippen LogP contribution in [0.1, 0.15) is 11.7 Å². The topological polar surface area (TPSA) is 223 Å². The van der Waals surface area contributed by atoms with E-state index in [0.29, 0.717) is 16.8 Å². The van der Waals surface area contributed by atoms with Crippen LogP contribution in [0.3, 0.4) is 0 Å². The van der Waals surface area contributed by atoms with E-state index >= 15 is 0 Å². The predicted octanol–water partition coefficient (Wildman–Crippen LogP) is -1.18. The molecule has 2 heterocycles. The van der Waals surface area contributed by atoms with Crippen LogP contribution in [0.2, 0.25) is 0 Å². The average Bonchev–Trinajstić information content (AvgIpc) is 3.44. The third kappa shape index (κ3) is 4.61. The molecular formula is C18H23N9O4S2. The number of hydrogen-bond donors (Lipinski definition) is 8. The molecule has 0 radical (unpaired) electrons. The maximum atomic E-state index is 12.9. The minimum atomic E-state index is -4.48. The van der Waals surface area contributed by atoms with Crippen molar-refractivity contribution < 1.29 is 16.8 Å². The maximum absolute atomic E-state index is 12.9. The van der Waals surface area contributed by atoms with E-state index in [4.69, 9.17) is 16.6 Å². The van der Waals surface area contributed by atoms with E-state index in [1.807, 2.05) is 6.07 Å². The second kappa shape index (κ2) is 8.81. The smallest absolute Gasteiger partial charge is 0.239 e. The number of nitrogens with zero attached hydrogens (tertiary/aromatic N) is 1. The molecule has 2 aromatic carbocycles. The van der Waals surface area contributed by atoms with Crippen molar-refractivity contribution in [3.05, 3.63) is 48.2 Å². The van der Waals surface area contributed by atoms with E-state index in [1.54, 1.807) is 24.4 Å². The summed E-state index contributed by atoms with van der Waals surface area (Å²) in [5.41, 5.74) is 24.5. The third-order valence-corrected chi connectivity index (χ3v) is 7.95. The highest BCUT2D eigenvalue weighted by atomic mass is 32.2. The Balaban J connectivity index is 2.00. The molecule has 4 rings (SSSR count). The molecule has 0 saturated carbocycles. The lowest BCUT2D eigenvalue weighted by molar-refractivity contribution is 0.534. The first kappa shape index (κ1) is 23.3. The van der Waals surface area contributed by atoms with Gasteiger partial charge in [-0.05, 0) is 23.3 Å². The highest BCUT2D eigenvalue weighted by Crippen LogP contribution is 2.38. The van der Waals surface area contributed by atoms with Crippen LogP contribution in [0.4, 0.5) is 5.95 Å². The summed E-state index contributed by atoms with van der Waals surface area (Å²) in [7, 11) is -8.51. The largest absolute Gasteiger partial charge is 0.369 e. The predicted molar refractivity (Wildman–Crippen MR) is 122 cm³/mol. The van der Waals surface area contributed by atoms with Gasteiger partial charge < -0.3 is 16.5 Å². The number of nitrogens with two attached hydrogens (primary N) is 3. The van der Waals surface area contributed by atoms with Crippen LogP contribution in [-0.2, 0) is 19.9 Å². The monoisotopic (exact) mass is 493 g/mol. The number of H-pyrrole nitrogens is 1. The molecule has 0 bridgehead atoms. The summed E-state index contributed by atoms with van der Waals surface area (Å²) >= 11 is 0. The van der Waals surface area contributed by atoms with Crippen molar-refractivity contribution in [2.24, 2.45) is 10.9 Å². The van der Waals surface area contributed by atoms with Crippen LogP contribution < -0.4 is 38.5 Å². The van der Waals surface area contributed by atoms with Gasteiger partial charge in [0.15, 0.2) is 15.8 Å². The summed E-state index contributed by atoms with van der Waals surface area (Å²) in [4.78, 5) is 6.00. The summed E-state index contributed by atoms with van der Waals surface area (Å²) in [5.74, 6) is -0.189. The molecular weight excluding hydrogens is 470 g/mol. The normalized spacial score (nSPS) is 15.2. The minimum absolute atomic E-state index is 0.120. The highest BCUT2D eigenvalue weighted by molar-refractivity contribution is 7.93. The first-order valence-electron chi connectivity index (χ1n) is 9.66. The Labute approximate surface area is 190 Å². The average molecular weight is 494 g/mol. The van der Waals surface area contributed by atoms with Crippen molar-refractivity contribution in [3.8, 4) is 22.4 Å². The summed E-state index contributed by atoms with van der Waals surface area (Å²) in [6.45, 7) is -0.179. The number of rotatable bonds is 7. The molecule has 1 aromatic heterocycles. The molecule has 3 aromatic rings. The Morgan fingerprint density at radius 2 is 1.70 bits per heavy atom. The van der Waals surface area contributed by atoms with Crippen molar-refractivity contribution in [2.75, 3.05) is 18.0 Å². The van der Waals surface area contributed by atoms with Gasteiger partial charge >= 0.3 is 0 Å². The van der Waals surface area contributed by atoms with Gasteiger partial charge in [-0.15, -0.1) is 0 Å². The second-order valence-electron chi connectivity index (χ2n) is 7.24. The number of primary sulfonamides is 1. The van der Waals surface area contributed by atoms with Gasteiger partial charge in [-0.2, -0.15) is 11.1 Å². The number of aromatic amines is 1. The van der Waals surface area contributed by atoms with Gasteiger partial charge in [-0.1, -0.05) is 24.3 Å². The molecule has 15 heteroatoms. The zero-order valence-corrected chi connectivity index (χ0v) is 18.8. The number of hydrazine groups is 3. The molecule has 1 fully saturated rings. The number of nitrogen functional groups attached to an aromatic ring is 1. The Morgan fingerprint density at radius 3 is 2.30 bits per heavy atom. The molecule has 0 amide bonds. The fourth-order valence-electron chi connectivity index (χ4n) is 3.66. The van der Waals surface area contributed by atoms with Gasteiger partial charge in [0.05, 0.1) is 22.5 Å². The van der Waals surface area contributed by atoms with Crippen molar-refractivity contribution in [1.29, 1.82) is 0 Å². The molecule has 176 valence electrons. The first-order chi connectivity index (χ1) is 15.6. The van der Waals surface area contributed by atoms with E-state index in [2.05, 4.69) is 31.9 Å². The molecule has 1 aliphatic heterocycles. The standard InChI is InChI=1S/C18H23N9O4S2/c19-6-7-32(28,29)14-5-4-12(15(16(14)33(21,30)31)17-24-26-27-25-17)10-2-1-3-11(8-10)13-9-22-18(20)23-13/h1-5,8-9,17,24-27H,6-7,19H2,(H3,20,22,23)(H2,21,30,31). The fraction of sp³-hybridized carbons (Fsp3) is 0.167. The molecule has 11 N–H and O–H groups in total. The second-order valence-corrected chi connectivity index (χ2v) is 10.8. The summed E-state index contributed by atoms with van der Waals surface area (Å²) in [6.07, 6.45) is 0.731. The molecule has 1 saturated heterocycles. The molecule has 33 heavy (non-hydrogen) atoms. The van der Waals surface area contributed by atoms with Crippen LogP contribution in [0.5, 0.6) is 0 Å². The molecule has 13 nitrogen and oxygen atoms in total. The molecule has 1 aliphatic rings. The Kier molecular flexibility index (Phi) is 6.21. The number of aromatic nitrogens is 2. The van der Waals surface area contributed by atoms with Crippen LogP contribution >= 0.6 is 0 Å². The van der Waals surface area contributed by atoms with Gasteiger partial charge in [0, 0.05) is 17.7 Å². The van der Waals surface area contributed by atoms with E-state index in [1.165, 1.54) is 12.1 Å². The van der Waals surface area contributed by atoms with Crippen molar-refractivity contribution in [3.63, 3.8) is 0 Å². The van der Waals surface area contributed by atoms with Crippen LogP contribution in [-0.4, -0.2) is 39.1 Å². The summed E-state index contributed by atoms with van der Waals surface area (Å²) < 4.78 is 51.2. The van der Waals surface area contributed by atoms with E-state index < -0.39 is 41.6 Å². The van der Waals surface area contributed by atoms with Gasteiger partial charge in [0.1, 0.15) is 11.1 Å². The van der Waals surface area contributed by atoms with Crippen LogP contribution in [0, 0.1) is 0 Å². The van der Waals surface area contributed by atoms with E-state index in [9.17, 15) is 16.8 Å². The highest BCUT2D eigenvalue weighted by Gasteiger charge is 2.33. The summed E-state index contributed by atoms with van der Waals surface area (Å²) in [6, 6.07) is 9.93. The number of hydrogen-bond acceptors (Lipinski definition) is 11. The van der Waals surface area contributed by atoms with E-state index in [-0.39, 0.29) is 18.1 Å². The van der Waals surface area contributed by atoms with Gasteiger partial charge in [0.2, 0.25) is 10.0 Å². The molecule has 0 unspecified atom stereocenters. The zero-order valence-electron chi connectivity index (χ0n) is 17.2. The first-order valence-corrected chi connectivity index (χ1v) is 12.9. The quantitative estimate of drug-likeness (QED) is 0.195. The van der Waals surface area contributed by atoms with E-state index in [0.717, 1.165) is 5.56 Å². The SMILES string of the molecule is NCCS(=O)(=O)c1ccc(-c2cccc(-c3cnc(N)[nH]3)c2)c(C2NNNN2)c1S(N)(=O)=O. The van der Waals surface area contributed by atoms with Crippen LogP contribution in [0.25, 0.3) is 22.4 Å². The maximum Gasteiger partial charge on any atom is 0.239 e. The van der Waals surface area contributed by atoms with Crippen molar-refractivity contribution >= 4 is 25.8 Å². The number of sulfone groups is 1. The van der Waals surface area contributed by atoms with Crippen molar-refractivity contribution in [1.82, 2.24) is 31.9 Å². The molecule has 0 atom stereocenters.